The fourth-order valence-corrected chi connectivity index (χ4v) is 3.11. The molecule has 112 valence electrons. The predicted molar refractivity (Wildman–Crippen MR) is 99.8 cm³/mol. The zero-order valence-corrected chi connectivity index (χ0v) is 15.1. The highest BCUT2D eigenvalue weighted by Gasteiger charge is 2.04. The maximum Gasteiger partial charge on any atom is 0.234 e. The van der Waals surface area contributed by atoms with Gasteiger partial charge in [-0.1, -0.05) is 18.2 Å². The number of benzene rings is 2. The molecule has 0 aliphatic rings. The number of nitrogens with zero attached hydrogens (tertiary/aromatic N) is 1. The minimum atomic E-state index is -0.00158. The van der Waals surface area contributed by atoms with Crippen LogP contribution in [0, 0.1) is 21.8 Å². The highest BCUT2D eigenvalue weighted by molar-refractivity contribution is 14.1. The van der Waals surface area contributed by atoms with E-state index in [2.05, 4.69) is 34.0 Å². The van der Waals surface area contributed by atoms with Crippen molar-refractivity contribution in [3.8, 4) is 6.07 Å². The van der Waals surface area contributed by atoms with Crippen LogP contribution in [0.2, 0.25) is 0 Å². The van der Waals surface area contributed by atoms with Gasteiger partial charge in [0.1, 0.15) is 0 Å². The summed E-state index contributed by atoms with van der Waals surface area (Å²) < 4.78 is 1.14. The summed E-state index contributed by atoms with van der Waals surface area (Å²) >= 11 is 3.82. The number of carbonyl (C=O) groups excluding carboxylic acids is 1. The Bertz CT molecular complexity index is 708. The number of anilines is 1. The number of amides is 1. The minimum Gasteiger partial charge on any atom is -0.325 e. The van der Waals surface area contributed by atoms with Crippen LogP contribution < -0.4 is 5.32 Å². The number of nitriles is 1. The Balaban J connectivity index is 1.80. The Labute approximate surface area is 148 Å². The molecular formula is C17H15IN2OS. The third-order valence-electron chi connectivity index (χ3n) is 3.04. The van der Waals surface area contributed by atoms with E-state index in [9.17, 15) is 4.79 Å². The molecule has 1 N–H and O–H groups in total. The molecule has 0 saturated heterocycles. The summed E-state index contributed by atoms with van der Waals surface area (Å²) in [5.41, 5.74) is 3.80. The minimum absolute atomic E-state index is 0.00158. The molecule has 0 aliphatic heterocycles. The second-order valence-corrected chi connectivity index (χ2v) is 6.96. The smallest absolute Gasteiger partial charge is 0.234 e. The summed E-state index contributed by atoms with van der Waals surface area (Å²) in [6, 6.07) is 15.4. The van der Waals surface area contributed by atoms with Crippen LogP contribution in [0.5, 0.6) is 0 Å². The highest BCUT2D eigenvalue weighted by atomic mass is 127. The van der Waals surface area contributed by atoms with E-state index in [0.717, 1.165) is 20.6 Å². The molecule has 5 heteroatoms. The maximum atomic E-state index is 11.9. The van der Waals surface area contributed by atoms with Gasteiger partial charge >= 0.3 is 0 Å². The van der Waals surface area contributed by atoms with Gasteiger partial charge in [0.25, 0.3) is 0 Å². The molecule has 0 spiro atoms. The first-order valence-electron chi connectivity index (χ1n) is 6.71. The molecule has 3 nitrogen and oxygen atoms in total. The highest BCUT2D eigenvalue weighted by Crippen LogP contribution is 2.18. The second kappa shape index (κ2) is 8.20. The number of thioether (sulfide) groups is 1. The lowest BCUT2D eigenvalue weighted by Crippen LogP contribution is -2.14. The molecule has 22 heavy (non-hydrogen) atoms. The average molecular weight is 422 g/mol. The summed E-state index contributed by atoms with van der Waals surface area (Å²) in [5, 5.41) is 11.7. The SMILES string of the molecule is Cc1ccc(NC(=O)CSCc2ccc(C#N)cc2)cc1I. The molecule has 0 heterocycles. The van der Waals surface area contributed by atoms with E-state index < -0.39 is 0 Å². The summed E-state index contributed by atoms with van der Waals surface area (Å²) in [7, 11) is 0. The third kappa shape index (κ3) is 5.04. The van der Waals surface area contributed by atoms with Gasteiger partial charge in [0.2, 0.25) is 5.91 Å². The Kier molecular flexibility index (Phi) is 6.28. The maximum absolute atomic E-state index is 11.9. The normalized spacial score (nSPS) is 10.0. The van der Waals surface area contributed by atoms with Crippen LogP contribution in [0.15, 0.2) is 42.5 Å². The van der Waals surface area contributed by atoms with E-state index >= 15 is 0 Å². The van der Waals surface area contributed by atoms with Gasteiger partial charge < -0.3 is 5.32 Å². The van der Waals surface area contributed by atoms with Crippen molar-refractivity contribution in [3.63, 3.8) is 0 Å². The lowest BCUT2D eigenvalue weighted by molar-refractivity contribution is -0.113. The van der Waals surface area contributed by atoms with E-state index in [-0.39, 0.29) is 5.91 Å². The zero-order chi connectivity index (χ0) is 15.9. The monoisotopic (exact) mass is 422 g/mol. The lowest BCUT2D eigenvalue weighted by atomic mass is 10.2. The van der Waals surface area contributed by atoms with Crippen molar-refractivity contribution in [2.24, 2.45) is 0 Å². The topological polar surface area (TPSA) is 52.9 Å². The Morgan fingerprint density at radius 3 is 2.64 bits per heavy atom. The van der Waals surface area contributed by atoms with Gasteiger partial charge in [-0.15, -0.1) is 11.8 Å². The fourth-order valence-electron chi connectivity index (χ4n) is 1.80. The van der Waals surface area contributed by atoms with E-state index in [1.54, 1.807) is 23.9 Å². The van der Waals surface area contributed by atoms with Gasteiger partial charge in [-0.3, -0.25) is 4.79 Å². The first-order chi connectivity index (χ1) is 10.6. The zero-order valence-electron chi connectivity index (χ0n) is 12.1. The molecule has 0 atom stereocenters. The van der Waals surface area contributed by atoms with Crippen LogP contribution in [0.1, 0.15) is 16.7 Å². The van der Waals surface area contributed by atoms with Crippen LogP contribution in [0.3, 0.4) is 0 Å². The van der Waals surface area contributed by atoms with E-state index in [0.29, 0.717) is 11.3 Å². The van der Waals surface area contributed by atoms with E-state index in [1.807, 2.05) is 37.3 Å². The molecule has 0 aromatic heterocycles. The molecule has 0 radical (unpaired) electrons. The summed E-state index contributed by atoms with van der Waals surface area (Å²) in [6.07, 6.45) is 0. The molecule has 0 unspecified atom stereocenters. The third-order valence-corrected chi connectivity index (χ3v) is 5.21. The first kappa shape index (κ1) is 16.8. The van der Waals surface area contributed by atoms with Crippen LogP contribution in [-0.4, -0.2) is 11.7 Å². The fraction of sp³-hybridized carbons (Fsp3) is 0.176. The molecule has 0 aliphatic carbocycles. The van der Waals surface area contributed by atoms with Gasteiger partial charge in [-0.05, 0) is 64.9 Å². The number of halogens is 1. The molecule has 0 fully saturated rings. The van der Waals surface area contributed by atoms with E-state index in [4.69, 9.17) is 5.26 Å². The van der Waals surface area contributed by atoms with Crippen molar-refractivity contribution in [3.05, 3.63) is 62.7 Å². The quantitative estimate of drug-likeness (QED) is 0.730. The summed E-state index contributed by atoms with van der Waals surface area (Å²) in [5.74, 6) is 1.16. The van der Waals surface area contributed by atoms with Gasteiger partial charge in [0.15, 0.2) is 0 Å². The van der Waals surface area contributed by atoms with E-state index in [1.165, 1.54) is 5.56 Å². The van der Waals surface area contributed by atoms with Crippen molar-refractivity contribution in [1.82, 2.24) is 0 Å². The van der Waals surface area contributed by atoms with Crippen molar-refractivity contribution in [2.45, 2.75) is 12.7 Å². The van der Waals surface area contributed by atoms with Crippen LogP contribution in [-0.2, 0) is 10.5 Å². The molecule has 0 bridgehead atoms. The summed E-state index contributed by atoms with van der Waals surface area (Å²) in [4.78, 5) is 11.9. The number of aryl methyl sites for hydroxylation is 1. The van der Waals surface area contributed by atoms with Gasteiger partial charge in [0, 0.05) is 15.0 Å². The number of hydrogen-bond acceptors (Lipinski definition) is 3. The molecule has 0 saturated carbocycles. The predicted octanol–water partition coefficient (Wildman–Crippen LogP) is 4.34. The van der Waals surface area contributed by atoms with Crippen LogP contribution in [0.25, 0.3) is 0 Å². The van der Waals surface area contributed by atoms with Crippen molar-refractivity contribution >= 4 is 45.9 Å². The van der Waals surface area contributed by atoms with Crippen LogP contribution >= 0.6 is 34.4 Å². The first-order valence-corrected chi connectivity index (χ1v) is 8.94. The summed E-state index contributed by atoms with van der Waals surface area (Å²) in [6.45, 7) is 2.04. The van der Waals surface area contributed by atoms with Crippen molar-refractivity contribution in [1.29, 1.82) is 5.26 Å². The number of hydrogen-bond donors (Lipinski definition) is 1. The van der Waals surface area contributed by atoms with Gasteiger partial charge in [0.05, 0.1) is 17.4 Å². The number of nitrogens with one attached hydrogen (secondary N) is 1. The molecule has 2 rings (SSSR count). The second-order valence-electron chi connectivity index (χ2n) is 4.81. The Hall–Kier alpha value is -1.52. The lowest BCUT2D eigenvalue weighted by Gasteiger charge is -2.07. The van der Waals surface area contributed by atoms with Crippen LogP contribution in [0.4, 0.5) is 5.69 Å². The van der Waals surface area contributed by atoms with Gasteiger partial charge in [-0.25, -0.2) is 0 Å². The Morgan fingerprint density at radius 1 is 1.27 bits per heavy atom. The Morgan fingerprint density at radius 2 is 2.00 bits per heavy atom. The largest absolute Gasteiger partial charge is 0.325 e. The molecular weight excluding hydrogens is 407 g/mol. The number of rotatable bonds is 5. The van der Waals surface area contributed by atoms with Gasteiger partial charge in [-0.2, -0.15) is 5.26 Å². The average Bonchev–Trinajstić information content (AvgIpc) is 2.51. The number of carbonyl (C=O) groups is 1. The molecule has 2 aromatic carbocycles. The van der Waals surface area contributed by atoms with Crippen molar-refractivity contribution < 1.29 is 4.79 Å². The molecule has 2 aromatic rings. The van der Waals surface area contributed by atoms with Crippen molar-refractivity contribution in [2.75, 3.05) is 11.1 Å². The molecule has 1 amide bonds. The standard InChI is InChI=1S/C17H15IN2OS/c1-12-2-7-15(8-16(12)18)20-17(21)11-22-10-14-5-3-13(9-19)4-6-14/h2-8H,10-11H2,1H3,(H,20,21).